The third-order valence-electron chi connectivity index (χ3n) is 18.5. The number of H-pyrrole nitrogens is 1. The number of fused-ring (bicyclic) bond motifs is 1. The van der Waals surface area contributed by atoms with Gasteiger partial charge in [0.05, 0.1) is 24.1 Å². The van der Waals surface area contributed by atoms with Crippen LogP contribution in [0, 0.1) is 11.8 Å². The number of piperidine rings is 3. The summed E-state index contributed by atoms with van der Waals surface area (Å²) < 4.78 is 12.7. The molecule has 11 rings (SSSR count). The molecule has 2 aromatic carbocycles. The lowest BCUT2D eigenvalue weighted by Gasteiger charge is -2.39. The monoisotopic (exact) mass is 1170 g/mol. The molecule has 1 spiro atoms. The van der Waals surface area contributed by atoms with Gasteiger partial charge in [0.1, 0.15) is 35.1 Å². The molecule has 2 aromatic heterocycles. The van der Waals surface area contributed by atoms with Gasteiger partial charge in [-0.3, -0.25) is 34.0 Å². The number of amidine groups is 1. The number of aliphatic imine (C=N–C) groups is 1. The molecule has 1 saturated carbocycles. The van der Waals surface area contributed by atoms with Gasteiger partial charge in [0.2, 0.25) is 17.4 Å². The predicted molar refractivity (Wildman–Crippen MR) is 323 cm³/mol. The van der Waals surface area contributed by atoms with Crippen LogP contribution in [0.4, 0.5) is 10.6 Å². The second-order valence-electron chi connectivity index (χ2n) is 25.7. The second-order valence-corrected chi connectivity index (χ2v) is 26.1. The van der Waals surface area contributed by atoms with Crippen LogP contribution in [0.2, 0.25) is 5.02 Å². The van der Waals surface area contributed by atoms with E-state index in [0.717, 1.165) is 157 Å². The summed E-state index contributed by atoms with van der Waals surface area (Å²) in [6.07, 6.45) is 13.4. The number of benzene rings is 2. The van der Waals surface area contributed by atoms with E-state index in [1.165, 1.54) is 0 Å². The largest absolute Gasteiger partial charge is 0.508 e. The molecule has 0 bridgehead atoms. The molecule has 2 N–H and O–H groups in total. The van der Waals surface area contributed by atoms with Crippen molar-refractivity contribution in [3.8, 4) is 0 Å². The Bertz CT molecular complexity index is 3050. The van der Waals surface area contributed by atoms with Crippen molar-refractivity contribution < 1.29 is 38.4 Å². The first-order chi connectivity index (χ1) is 40.5. The third-order valence-corrected chi connectivity index (χ3v) is 18.8. The van der Waals surface area contributed by atoms with Gasteiger partial charge in [0.25, 0.3) is 11.8 Å². The van der Waals surface area contributed by atoms with Crippen molar-refractivity contribution in [3.63, 3.8) is 0 Å². The summed E-state index contributed by atoms with van der Waals surface area (Å²) >= 11 is 6.41. The van der Waals surface area contributed by atoms with Crippen LogP contribution in [-0.4, -0.2) is 201 Å². The average Bonchev–Trinajstić information content (AvgIpc) is 1.63. The smallest absolute Gasteiger partial charge is 0.425 e. The zero-order valence-corrected chi connectivity index (χ0v) is 50.7. The van der Waals surface area contributed by atoms with Gasteiger partial charge in [-0.05, 0) is 107 Å². The molecule has 6 saturated heterocycles. The molecule has 20 heteroatoms. The fourth-order valence-corrected chi connectivity index (χ4v) is 13.3. The van der Waals surface area contributed by atoms with Crippen molar-refractivity contribution >= 4 is 69.7 Å². The molecule has 19 nitrogen and oxygen atoms in total. The zero-order chi connectivity index (χ0) is 58.7. The quantitative estimate of drug-likeness (QED) is 0.0777. The predicted octanol–water partition coefficient (Wildman–Crippen LogP) is 6.87. The minimum Gasteiger partial charge on any atom is -0.425 e. The number of ether oxygens (including phenoxy) is 2. The Balaban J connectivity index is 0.626. The SMILES string of the molecule is CCCCC(C)C(=NC(=O)c1ccc(C2CN(C(=O)C3CC3)C2)cc1)C(=O)N1CCC(OC2CCN(CC(=O)N3CCN(CC[C@H]([NH+]=C4N(C(=O)OC(C)(C)C)C45CCN(c4ncnc6[nH]ccc46)CC5)c4ccc(Cl)cc4)CC3)CC2)CC1. The number of carbonyl (C=O) groups excluding carboxylic acids is 5. The Morgan fingerprint density at radius 3 is 2.12 bits per heavy atom. The second kappa shape index (κ2) is 25.7. The van der Waals surface area contributed by atoms with Crippen LogP contribution in [-0.2, 0) is 23.9 Å². The van der Waals surface area contributed by atoms with Gasteiger partial charge >= 0.3 is 11.9 Å². The van der Waals surface area contributed by atoms with Gasteiger partial charge < -0.3 is 34.1 Å². The van der Waals surface area contributed by atoms with E-state index in [2.05, 4.69) is 58.7 Å². The van der Waals surface area contributed by atoms with Crippen molar-refractivity contribution in [2.45, 2.75) is 147 Å². The van der Waals surface area contributed by atoms with Crippen LogP contribution in [0.15, 0.2) is 72.1 Å². The van der Waals surface area contributed by atoms with Crippen LogP contribution in [0.5, 0.6) is 0 Å². The van der Waals surface area contributed by atoms with E-state index >= 15 is 0 Å². The molecule has 0 radical (unpaired) electrons. The van der Waals surface area contributed by atoms with E-state index in [0.29, 0.717) is 62.1 Å². The fraction of sp³-hybridized carbons (Fsp3) is 0.609. The van der Waals surface area contributed by atoms with Gasteiger partial charge in [0, 0.05) is 139 Å². The molecule has 5 amide bonds. The summed E-state index contributed by atoms with van der Waals surface area (Å²) in [6, 6.07) is 17.4. The van der Waals surface area contributed by atoms with Crippen molar-refractivity contribution in [1.29, 1.82) is 0 Å². The van der Waals surface area contributed by atoms with Gasteiger partial charge in [-0.1, -0.05) is 62.6 Å². The number of rotatable bonds is 18. The molecule has 2 atom stereocenters. The number of anilines is 1. The van der Waals surface area contributed by atoms with Crippen LogP contribution in [0.1, 0.15) is 145 Å². The number of likely N-dealkylation sites (tertiary alicyclic amines) is 3. The number of carbonyl (C=O) groups is 5. The molecule has 4 aromatic rings. The highest BCUT2D eigenvalue weighted by molar-refractivity contribution is 6.41. The summed E-state index contributed by atoms with van der Waals surface area (Å²) in [5.74, 6) is 2.03. The third kappa shape index (κ3) is 13.8. The summed E-state index contributed by atoms with van der Waals surface area (Å²) in [5.41, 5.74) is 2.66. The van der Waals surface area contributed by atoms with Crippen LogP contribution >= 0.6 is 11.6 Å². The average molecular weight is 1170 g/mol. The molecule has 1 unspecified atom stereocenters. The Hall–Kier alpha value is -6.28. The number of aromatic amines is 1. The molecule has 7 aliphatic rings. The lowest BCUT2D eigenvalue weighted by atomic mass is 9.90. The lowest BCUT2D eigenvalue weighted by Crippen LogP contribution is -2.74. The molecule has 6 aliphatic heterocycles. The number of piperazine rings is 1. The number of amides is 5. The summed E-state index contributed by atoms with van der Waals surface area (Å²) in [7, 11) is 0. The normalized spacial score (nSPS) is 21.7. The number of aromatic nitrogens is 3. The Kier molecular flexibility index (Phi) is 18.2. The van der Waals surface area contributed by atoms with E-state index in [9.17, 15) is 24.0 Å². The van der Waals surface area contributed by atoms with E-state index in [-0.39, 0.29) is 59.8 Å². The first-order valence-electron chi connectivity index (χ1n) is 31.2. The first kappa shape index (κ1) is 59.5. The van der Waals surface area contributed by atoms with E-state index in [4.69, 9.17) is 21.1 Å². The van der Waals surface area contributed by atoms with Gasteiger partial charge in [-0.2, -0.15) is 4.79 Å². The lowest BCUT2D eigenvalue weighted by molar-refractivity contribution is -0.511. The Labute approximate surface area is 499 Å². The summed E-state index contributed by atoms with van der Waals surface area (Å²) in [5, 5.41) is 1.65. The minimum atomic E-state index is -0.652. The van der Waals surface area contributed by atoms with Crippen LogP contribution < -0.4 is 9.89 Å². The van der Waals surface area contributed by atoms with Crippen molar-refractivity contribution in [2.24, 2.45) is 16.8 Å². The maximum atomic E-state index is 14.2. The highest BCUT2D eigenvalue weighted by Crippen LogP contribution is 2.45. The summed E-state index contributed by atoms with van der Waals surface area (Å²) in [4.78, 5) is 103. The molecular formula is C64H86ClN12O7+. The summed E-state index contributed by atoms with van der Waals surface area (Å²) in [6.45, 7) is 19.5. The topological polar surface area (TPSA) is 194 Å². The van der Waals surface area contributed by atoms with E-state index in [1.807, 2.05) is 83.8 Å². The number of hydrogen-bond donors (Lipinski definition) is 2. The Morgan fingerprint density at radius 1 is 0.786 bits per heavy atom. The highest BCUT2D eigenvalue weighted by atomic mass is 35.5. The van der Waals surface area contributed by atoms with E-state index < -0.39 is 17.0 Å². The number of halogens is 1. The number of nitrogens with one attached hydrogen (secondary N) is 2. The molecule has 1 aliphatic carbocycles. The van der Waals surface area contributed by atoms with Gasteiger partial charge in [-0.25, -0.2) is 15.0 Å². The number of hydrogen-bond acceptors (Lipinski definition) is 12. The number of nitrogens with zero attached hydrogens (tertiary/aromatic N) is 10. The van der Waals surface area contributed by atoms with Gasteiger partial charge in [-0.15, -0.1) is 4.90 Å². The van der Waals surface area contributed by atoms with E-state index in [1.54, 1.807) is 18.5 Å². The first-order valence-corrected chi connectivity index (χ1v) is 31.5. The molecule has 7 fully saturated rings. The standard InChI is InChI=1S/C64H85ClN12O7/c1-6-7-8-43(2)55(70-58(79)46-11-9-44(10-12-46)48-39-76(40-48)59(80)47-13-14-47)60(81)75-31-22-51(23-32-75)83-50-20-28-72(29-21-50)41-54(78)73-37-35-71(36-38-73)30-24-53(45-15-17-49(65)18-16-45)69-61-64(77(61)62(82)84-63(3,4)5)25-33-74(34-26-64)57-52-19-27-66-56(52)67-42-68-57/h9-12,15-19,27,42-43,47-48,50-51,53H,6-8,13-14,20-26,28-41H2,1-5H3,(H,66,67,68)/p+1/t43?,53-,77?/m0/s1. The van der Waals surface area contributed by atoms with Crippen molar-refractivity contribution in [1.82, 2.24) is 44.4 Å². The molecule has 8 heterocycles. The van der Waals surface area contributed by atoms with Gasteiger partial charge in [0.15, 0.2) is 0 Å². The zero-order valence-electron chi connectivity index (χ0n) is 49.9. The van der Waals surface area contributed by atoms with Crippen molar-refractivity contribution in [2.75, 3.05) is 96.5 Å². The maximum Gasteiger partial charge on any atom is 0.508 e. The van der Waals surface area contributed by atoms with Crippen LogP contribution in [0.25, 0.3) is 11.0 Å². The van der Waals surface area contributed by atoms with Crippen molar-refractivity contribution in [3.05, 3.63) is 88.8 Å². The number of unbranched alkanes of at least 4 members (excludes halogenated alkanes) is 1. The maximum absolute atomic E-state index is 14.2. The fourth-order valence-electron chi connectivity index (χ4n) is 13.1. The molecule has 84 heavy (non-hydrogen) atoms. The Morgan fingerprint density at radius 2 is 1.46 bits per heavy atom. The molecular weight excluding hydrogens is 1080 g/mol. The highest BCUT2D eigenvalue weighted by Gasteiger charge is 2.74. The molecule has 450 valence electrons. The van der Waals surface area contributed by atoms with Crippen LogP contribution in [0.3, 0.4) is 0 Å². The minimum absolute atomic E-state index is 0.0427.